The number of carbonyl (C=O) groups is 3. The van der Waals surface area contributed by atoms with Gasteiger partial charge in [0.05, 0.1) is 25.7 Å². The van der Waals surface area contributed by atoms with Crippen molar-refractivity contribution >= 4 is 17.9 Å². The number of nitrogens with one attached hydrogen (secondary N) is 1. The lowest BCUT2D eigenvalue weighted by molar-refractivity contribution is -0.189. The van der Waals surface area contributed by atoms with E-state index in [1.807, 2.05) is 18.2 Å². The van der Waals surface area contributed by atoms with Gasteiger partial charge in [0.1, 0.15) is 28.7 Å². The van der Waals surface area contributed by atoms with Gasteiger partial charge in [-0.05, 0) is 59.6 Å². The molecule has 1 aromatic rings. The first kappa shape index (κ1) is 27.0. The molecule has 0 aliphatic carbocycles. The zero-order chi connectivity index (χ0) is 27.1. The van der Waals surface area contributed by atoms with Crippen LogP contribution in [0, 0.1) is 11.8 Å². The third-order valence-corrected chi connectivity index (χ3v) is 7.41. The van der Waals surface area contributed by atoms with Crippen molar-refractivity contribution in [3.63, 3.8) is 0 Å². The first-order chi connectivity index (χ1) is 17.3. The van der Waals surface area contributed by atoms with Gasteiger partial charge in [-0.25, -0.2) is 4.79 Å². The molecule has 0 saturated carbocycles. The molecule has 10 heteroatoms. The molecule has 4 rings (SSSR count). The van der Waals surface area contributed by atoms with Gasteiger partial charge in [0, 0.05) is 36.6 Å². The summed E-state index contributed by atoms with van der Waals surface area (Å²) in [6, 6.07) is 4.75. The molecule has 3 N–H and O–H groups in total. The molecule has 3 heterocycles. The summed E-state index contributed by atoms with van der Waals surface area (Å²) in [6.45, 7) is 10.2. The Kier molecular flexibility index (Phi) is 7.34. The number of benzene rings is 1. The number of primary amides is 1. The smallest absolute Gasteiger partial charge is 0.408 e. The molecular formula is C27H39N3O7. The van der Waals surface area contributed by atoms with Crippen LogP contribution in [-0.2, 0) is 19.1 Å². The summed E-state index contributed by atoms with van der Waals surface area (Å²) in [4.78, 5) is 39.1. The third kappa shape index (κ3) is 5.95. The zero-order valence-electron chi connectivity index (χ0n) is 22.5. The van der Waals surface area contributed by atoms with Gasteiger partial charge < -0.3 is 34.9 Å². The van der Waals surface area contributed by atoms with E-state index in [9.17, 15) is 14.4 Å². The second-order valence-electron chi connectivity index (χ2n) is 11.7. The molecule has 204 valence electrons. The minimum Gasteiger partial charge on any atom is -0.497 e. The van der Waals surface area contributed by atoms with E-state index in [1.54, 1.807) is 32.8 Å². The van der Waals surface area contributed by atoms with Crippen molar-refractivity contribution in [1.82, 2.24) is 10.2 Å². The molecule has 3 aliphatic heterocycles. The Labute approximate surface area is 218 Å². The molecule has 2 fully saturated rings. The fourth-order valence-electron chi connectivity index (χ4n) is 5.68. The number of fused-ring (bicyclic) bond motifs is 4. The number of ether oxygens (including phenoxy) is 4. The Balaban J connectivity index is 1.48. The minimum atomic E-state index is -1.09. The van der Waals surface area contributed by atoms with Crippen molar-refractivity contribution in [2.75, 3.05) is 20.2 Å². The monoisotopic (exact) mass is 517 g/mol. The van der Waals surface area contributed by atoms with Crippen LogP contribution in [0.3, 0.4) is 0 Å². The van der Waals surface area contributed by atoms with E-state index >= 15 is 0 Å². The summed E-state index contributed by atoms with van der Waals surface area (Å²) in [5.74, 6) is 0.674. The van der Waals surface area contributed by atoms with Crippen molar-refractivity contribution < 1.29 is 33.3 Å². The largest absolute Gasteiger partial charge is 0.497 e. The maximum Gasteiger partial charge on any atom is 0.408 e. The van der Waals surface area contributed by atoms with Crippen molar-refractivity contribution in [3.8, 4) is 11.5 Å². The van der Waals surface area contributed by atoms with Crippen molar-refractivity contribution in [3.05, 3.63) is 23.8 Å². The number of methoxy groups -OCH3 is 1. The van der Waals surface area contributed by atoms with Crippen LogP contribution in [0.5, 0.6) is 11.5 Å². The molecule has 5 atom stereocenters. The predicted octanol–water partition coefficient (Wildman–Crippen LogP) is 2.93. The molecule has 3 aliphatic rings. The van der Waals surface area contributed by atoms with Gasteiger partial charge in [-0.1, -0.05) is 0 Å². The van der Waals surface area contributed by atoms with E-state index in [0.29, 0.717) is 19.5 Å². The molecule has 10 nitrogen and oxygen atoms in total. The number of nitrogens with two attached hydrogens (primary N) is 1. The van der Waals surface area contributed by atoms with E-state index in [2.05, 4.69) is 19.2 Å². The number of amides is 3. The Morgan fingerprint density at radius 2 is 2.00 bits per heavy atom. The van der Waals surface area contributed by atoms with E-state index in [1.165, 1.54) is 0 Å². The summed E-state index contributed by atoms with van der Waals surface area (Å²) in [5.41, 5.74) is 5.19. The quantitative estimate of drug-likeness (QED) is 0.614. The SMILES string of the molecule is COc1ccc2c(c1)OC(C)(C)[C@@H]1C[C@H]3CN(C(=O)[C@H](CC(N)=O)NC(=O)OC(C)(C)C)CC[C@H]3O[C@@H]21. The minimum absolute atomic E-state index is 0.0115. The van der Waals surface area contributed by atoms with Crippen LogP contribution in [0.25, 0.3) is 0 Å². The number of carbonyl (C=O) groups excluding carboxylic acids is 3. The number of rotatable bonds is 5. The molecule has 0 aromatic heterocycles. The highest BCUT2D eigenvalue weighted by Gasteiger charge is 2.52. The van der Waals surface area contributed by atoms with Gasteiger partial charge in [-0.2, -0.15) is 0 Å². The second-order valence-corrected chi connectivity index (χ2v) is 11.7. The number of hydrogen-bond donors (Lipinski definition) is 2. The molecular weight excluding hydrogens is 478 g/mol. The van der Waals surface area contributed by atoms with Gasteiger partial charge in [0.15, 0.2) is 0 Å². The van der Waals surface area contributed by atoms with Crippen LogP contribution in [0.4, 0.5) is 4.79 Å². The van der Waals surface area contributed by atoms with Crippen LogP contribution in [-0.4, -0.2) is 66.4 Å². The summed E-state index contributed by atoms with van der Waals surface area (Å²) < 4.78 is 23.7. The van der Waals surface area contributed by atoms with Crippen LogP contribution in [0.1, 0.15) is 65.5 Å². The average Bonchev–Trinajstić information content (AvgIpc) is 2.79. The normalized spacial score (nSPS) is 26.9. The summed E-state index contributed by atoms with van der Waals surface area (Å²) >= 11 is 0. The molecule has 37 heavy (non-hydrogen) atoms. The summed E-state index contributed by atoms with van der Waals surface area (Å²) in [5, 5.41) is 2.54. The van der Waals surface area contributed by atoms with E-state index < -0.39 is 29.2 Å². The Morgan fingerprint density at radius 3 is 2.65 bits per heavy atom. The molecule has 1 aromatic carbocycles. The number of nitrogens with zero attached hydrogens (tertiary/aromatic N) is 1. The number of hydrogen-bond acceptors (Lipinski definition) is 7. The molecule has 0 spiro atoms. The lowest BCUT2D eigenvalue weighted by Crippen LogP contribution is -2.58. The number of likely N-dealkylation sites (tertiary alicyclic amines) is 1. The van der Waals surface area contributed by atoms with Gasteiger partial charge in [-0.3, -0.25) is 9.59 Å². The van der Waals surface area contributed by atoms with Gasteiger partial charge in [0.25, 0.3) is 0 Å². The third-order valence-electron chi connectivity index (χ3n) is 7.41. The van der Waals surface area contributed by atoms with Gasteiger partial charge >= 0.3 is 6.09 Å². The van der Waals surface area contributed by atoms with E-state index in [4.69, 9.17) is 24.7 Å². The Morgan fingerprint density at radius 1 is 1.27 bits per heavy atom. The van der Waals surface area contributed by atoms with E-state index in [0.717, 1.165) is 23.5 Å². The topological polar surface area (TPSA) is 129 Å². The molecule has 0 radical (unpaired) electrons. The fraction of sp³-hybridized carbons (Fsp3) is 0.667. The Bertz CT molecular complexity index is 1050. The second kappa shape index (κ2) is 10.0. The van der Waals surface area contributed by atoms with Crippen molar-refractivity contribution in [1.29, 1.82) is 0 Å². The zero-order valence-corrected chi connectivity index (χ0v) is 22.5. The number of alkyl carbamates (subject to hydrolysis) is 1. The predicted molar refractivity (Wildman–Crippen MR) is 135 cm³/mol. The van der Waals surface area contributed by atoms with Crippen molar-refractivity contribution in [2.24, 2.45) is 17.6 Å². The highest BCUT2D eigenvalue weighted by atomic mass is 16.6. The lowest BCUT2D eigenvalue weighted by atomic mass is 9.70. The lowest BCUT2D eigenvalue weighted by Gasteiger charge is -2.53. The van der Waals surface area contributed by atoms with E-state index in [-0.39, 0.29) is 36.4 Å². The standard InChI is InChI=1S/C27H39N3O7/c1-26(2,3)37-25(33)29-19(13-22(28)31)24(32)30-10-9-20-15(14-30)11-18-23(35-20)17-8-7-16(34-6)12-21(17)36-27(18,4)5/h7-8,12,15,18-20,23H,9-11,13-14H2,1-6H3,(H2,28,31)(H,29,33)/t15-,18+,19-,20+,23-/m0/s1. The number of piperidine rings is 1. The highest BCUT2D eigenvalue weighted by molar-refractivity contribution is 5.90. The molecule has 0 bridgehead atoms. The maximum atomic E-state index is 13.4. The Hall–Kier alpha value is -3.01. The highest BCUT2D eigenvalue weighted by Crippen LogP contribution is 2.53. The first-order valence-electron chi connectivity index (χ1n) is 12.9. The fourth-order valence-corrected chi connectivity index (χ4v) is 5.68. The van der Waals surface area contributed by atoms with Crippen molar-refractivity contribution in [2.45, 2.75) is 83.3 Å². The van der Waals surface area contributed by atoms with Gasteiger partial charge in [-0.15, -0.1) is 0 Å². The van der Waals surface area contributed by atoms with Crippen LogP contribution >= 0.6 is 0 Å². The summed E-state index contributed by atoms with van der Waals surface area (Å²) in [7, 11) is 1.63. The average molecular weight is 518 g/mol. The van der Waals surface area contributed by atoms with Crippen LogP contribution in [0.2, 0.25) is 0 Å². The molecule has 0 unspecified atom stereocenters. The first-order valence-corrected chi connectivity index (χ1v) is 12.9. The van der Waals surface area contributed by atoms with Crippen LogP contribution < -0.4 is 20.5 Å². The summed E-state index contributed by atoms with van der Waals surface area (Å²) in [6.07, 6.45) is 0.291. The van der Waals surface area contributed by atoms with Gasteiger partial charge in [0.2, 0.25) is 11.8 Å². The molecule has 3 amide bonds. The molecule has 2 saturated heterocycles. The van der Waals surface area contributed by atoms with Crippen LogP contribution in [0.15, 0.2) is 18.2 Å². The maximum absolute atomic E-state index is 13.4.